The van der Waals surface area contributed by atoms with Crippen LogP contribution in [0.25, 0.3) is 20.2 Å². The first-order valence-electron chi connectivity index (χ1n) is 9.65. The van der Waals surface area contributed by atoms with Crippen molar-refractivity contribution in [2.24, 2.45) is 0 Å². The zero-order valence-corrected chi connectivity index (χ0v) is 18.5. The van der Waals surface area contributed by atoms with Gasteiger partial charge in [-0.05, 0) is 44.4 Å². The molecule has 0 fully saturated rings. The van der Waals surface area contributed by atoms with Crippen LogP contribution < -0.4 is 9.47 Å². The molecule has 0 atom stereocenters. The molecule has 0 spiro atoms. The molecule has 0 unspecified atom stereocenters. The Morgan fingerprint density at radius 3 is 2.29 bits per heavy atom. The molecule has 0 N–H and O–H groups in total. The second kappa shape index (κ2) is 9.31. The molecule has 31 heavy (non-hydrogen) atoms. The molecule has 0 radical (unpaired) electrons. The van der Waals surface area contributed by atoms with E-state index in [-0.39, 0.29) is 23.7 Å². The number of hydrogen-bond acceptors (Lipinski definition) is 6. The minimum atomic E-state index is -0.556. The molecule has 1 heterocycles. The first kappa shape index (κ1) is 22.5. The number of esters is 2. The number of rotatable bonds is 8. The van der Waals surface area contributed by atoms with Crippen molar-refractivity contribution in [2.45, 2.75) is 26.7 Å². The van der Waals surface area contributed by atoms with Crippen LogP contribution in [0.4, 0.5) is 4.39 Å². The summed E-state index contributed by atoms with van der Waals surface area (Å²) in [6.07, 6.45) is 0.925. The van der Waals surface area contributed by atoms with Gasteiger partial charge in [-0.25, -0.2) is 14.0 Å². The topological polar surface area (TPSA) is 61.8 Å². The van der Waals surface area contributed by atoms with Gasteiger partial charge in [0.1, 0.15) is 5.82 Å². The summed E-state index contributed by atoms with van der Waals surface area (Å²) in [4.78, 5) is 23.4. The summed E-state index contributed by atoms with van der Waals surface area (Å²) in [7, 11) is 1.48. The maximum absolute atomic E-state index is 15.2. The molecule has 3 aromatic rings. The third-order valence-corrected chi connectivity index (χ3v) is 5.89. The smallest absolute Gasteiger partial charge is 0.338 e. The summed E-state index contributed by atoms with van der Waals surface area (Å²) >= 11 is 1.24. The van der Waals surface area contributed by atoms with Gasteiger partial charge in [-0.1, -0.05) is 25.3 Å². The standard InChI is InChI=1S/C24H23FO5S/c1-13(2)23(26)29-12-6-7-15-8-9-16-17-10-11-18(30-24(27)14(3)4)20(28-5)22(17)31-21(16)19(15)25/h8-11H,1,3,6-7,12H2,2,4-5H3. The van der Waals surface area contributed by atoms with Crippen molar-refractivity contribution in [3.8, 4) is 11.5 Å². The van der Waals surface area contributed by atoms with Crippen molar-refractivity contribution >= 4 is 43.4 Å². The molecule has 0 saturated carbocycles. The van der Waals surface area contributed by atoms with E-state index in [1.54, 1.807) is 32.0 Å². The quantitative estimate of drug-likeness (QED) is 0.193. The van der Waals surface area contributed by atoms with Gasteiger partial charge in [0.05, 0.1) is 23.1 Å². The monoisotopic (exact) mass is 442 g/mol. The highest BCUT2D eigenvalue weighted by molar-refractivity contribution is 7.26. The second-order valence-electron chi connectivity index (χ2n) is 7.18. The summed E-state index contributed by atoms with van der Waals surface area (Å²) in [6, 6.07) is 7.03. The highest BCUT2D eigenvalue weighted by atomic mass is 32.1. The largest absolute Gasteiger partial charge is 0.491 e. The molecule has 0 aliphatic rings. The third kappa shape index (κ3) is 4.61. The van der Waals surface area contributed by atoms with Gasteiger partial charge in [-0.2, -0.15) is 0 Å². The molecule has 162 valence electrons. The summed E-state index contributed by atoms with van der Waals surface area (Å²) in [5, 5.41) is 1.57. The van der Waals surface area contributed by atoms with Crippen LogP contribution in [0.3, 0.4) is 0 Å². The highest BCUT2D eigenvalue weighted by Crippen LogP contribution is 2.45. The zero-order chi connectivity index (χ0) is 22.7. The van der Waals surface area contributed by atoms with Crippen LogP contribution in [0.2, 0.25) is 0 Å². The molecule has 1 aromatic heterocycles. The van der Waals surface area contributed by atoms with E-state index in [0.29, 0.717) is 39.1 Å². The first-order valence-corrected chi connectivity index (χ1v) is 10.5. The van der Waals surface area contributed by atoms with Gasteiger partial charge in [-0.3, -0.25) is 0 Å². The predicted molar refractivity (Wildman–Crippen MR) is 120 cm³/mol. The maximum Gasteiger partial charge on any atom is 0.338 e. The minimum Gasteiger partial charge on any atom is -0.491 e. The molecule has 0 saturated heterocycles. The molecule has 0 aliphatic carbocycles. The Hall–Kier alpha value is -3.19. The van der Waals surface area contributed by atoms with Crippen LogP contribution in [0.1, 0.15) is 25.8 Å². The lowest BCUT2D eigenvalue weighted by Crippen LogP contribution is -2.08. The van der Waals surface area contributed by atoms with Gasteiger partial charge < -0.3 is 14.2 Å². The molecule has 3 rings (SSSR count). The normalized spacial score (nSPS) is 10.8. The van der Waals surface area contributed by atoms with Gasteiger partial charge in [0.15, 0.2) is 11.5 Å². The number of ether oxygens (including phenoxy) is 3. The summed E-state index contributed by atoms with van der Waals surface area (Å²) < 4.78 is 32.3. The SMILES string of the molecule is C=C(C)C(=O)OCCCc1ccc2c(sc3c(OC)c(OC(=O)C(=C)C)ccc32)c1F. The molecule has 7 heteroatoms. The average molecular weight is 443 g/mol. The Kier molecular flexibility index (Phi) is 6.75. The molecule has 0 amide bonds. The molecule has 5 nitrogen and oxygen atoms in total. The number of carbonyl (C=O) groups is 2. The zero-order valence-electron chi connectivity index (χ0n) is 17.7. The number of methoxy groups -OCH3 is 1. The van der Waals surface area contributed by atoms with Crippen LogP contribution in [0.15, 0.2) is 48.6 Å². The molecular formula is C24H23FO5S. The number of benzene rings is 2. The number of halogens is 1. The fraction of sp³-hybridized carbons (Fsp3) is 0.250. The second-order valence-corrected chi connectivity index (χ2v) is 8.20. The Balaban J connectivity index is 1.92. The van der Waals surface area contributed by atoms with Gasteiger partial charge in [-0.15, -0.1) is 11.3 Å². The lowest BCUT2D eigenvalue weighted by Gasteiger charge is -2.09. The van der Waals surface area contributed by atoms with Crippen molar-refractivity contribution in [1.29, 1.82) is 0 Å². The predicted octanol–water partition coefficient (Wildman–Crippen LogP) is 5.74. The lowest BCUT2D eigenvalue weighted by atomic mass is 10.1. The minimum absolute atomic E-state index is 0.195. The van der Waals surface area contributed by atoms with E-state index in [1.807, 2.05) is 6.07 Å². The van der Waals surface area contributed by atoms with Crippen LogP contribution >= 0.6 is 11.3 Å². The van der Waals surface area contributed by atoms with Crippen LogP contribution in [-0.4, -0.2) is 25.7 Å². The maximum atomic E-state index is 15.2. The summed E-state index contributed by atoms with van der Waals surface area (Å²) in [6.45, 7) is 10.4. The number of carbonyl (C=O) groups excluding carboxylic acids is 2. The third-order valence-electron chi connectivity index (χ3n) is 4.67. The van der Waals surface area contributed by atoms with E-state index < -0.39 is 11.9 Å². The van der Waals surface area contributed by atoms with E-state index in [2.05, 4.69) is 13.2 Å². The van der Waals surface area contributed by atoms with Gasteiger partial charge in [0, 0.05) is 21.9 Å². The van der Waals surface area contributed by atoms with Crippen LogP contribution in [0, 0.1) is 5.82 Å². The Morgan fingerprint density at radius 2 is 1.65 bits per heavy atom. The van der Waals surface area contributed by atoms with Crippen molar-refractivity contribution < 1.29 is 28.2 Å². The first-order chi connectivity index (χ1) is 14.7. The van der Waals surface area contributed by atoms with E-state index >= 15 is 4.39 Å². The lowest BCUT2D eigenvalue weighted by molar-refractivity contribution is -0.139. The van der Waals surface area contributed by atoms with Crippen molar-refractivity contribution in [3.05, 3.63) is 60.0 Å². The Morgan fingerprint density at radius 1 is 1.00 bits per heavy atom. The fourth-order valence-electron chi connectivity index (χ4n) is 3.07. The van der Waals surface area contributed by atoms with Crippen molar-refractivity contribution in [3.63, 3.8) is 0 Å². The van der Waals surface area contributed by atoms with Crippen LogP contribution in [0.5, 0.6) is 11.5 Å². The molecular weight excluding hydrogens is 419 g/mol. The fourth-order valence-corrected chi connectivity index (χ4v) is 4.35. The summed E-state index contributed by atoms with van der Waals surface area (Å²) in [5.41, 5.74) is 1.14. The number of aryl methyl sites for hydroxylation is 1. The molecule has 0 bridgehead atoms. The Labute approximate surface area is 183 Å². The van der Waals surface area contributed by atoms with Crippen LogP contribution in [-0.2, 0) is 20.7 Å². The van der Waals surface area contributed by atoms with E-state index in [9.17, 15) is 9.59 Å². The van der Waals surface area contributed by atoms with Gasteiger partial charge >= 0.3 is 11.9 Å². The van der Waals surface area contributed by atoms with E-state index in [4.69, 9.17) is 14.2 Å². The number of hydrogen-bond donors (Lipinski definition) is 0. The number of thiophene rings is 1. The highest BCUT2D eigenvalue weighted by Gasteiger charge is 2.20. The summed E-state index contributed by atoms with van der Waals surface area (Å²) in [5.74, 6) is -0.682. The van der Waals surface area contributed by atoms with Gasteiger partial charge in [0.2, 0.25) is 0 Å². The Bertz CT molecular complexity index is 1210. The average Bonchev–Trinajstić information content (AvgIpc) is 3.11. The van der Waals surface area contributed by atoms with Gasteiger partial charge in [0.25, 0.3) is 0 Å². The van der Waals surface area contributed by atoms with E-state index in [0.717, 1.165) is 10.8 Å². The number of fused-ring (bicyclic) bond motifs is 3. The molecule has 0 aliphatic heterocycles. The van der Waals surface area contributed by atoms with Crippen molar-refractivity contribution in [2.75, 3.05) is 13.7 Å². The van der Waals surface area contributed by atoms with Crippen molar-refractivity contribution in [1.82, 2.24) is 0 Å². The van der Waals surface area contributed by atoms with E-state index in [1.165, 1.54) is 18.4 Å². The molecule has 2 aromatic carbocycles.